The van der Waals surface area contributed by atoms with Crippen LogP contribution in [0, 0.1) is 23.7 Å². The van der Waals surface area contributed by atoms with Gasteiger partial charge in [0.05, 0.1) is 11.8 Å². The Morgan fingerprint density at radius 1 is 0.967 bits per heavy atom. The normalized spacial score (nSPS) is 31.1. The van der Waals surface area contributed by atoms with Gasteiger partial charge in [-0.2, -0.15) is 0 Å². The fraction of sp³-hybridized carbons (Fsp3) is 0.542. The van der Waals surface area contributed by atoms with Crippen molar-refractivity contribution >= 4 is 17.8 Å². The van der Waals surface area contributed by atoms with Gasteiger partial charge in [0.15, 0.2) is 0 Å². The van der Waals surface area contributed by atoms with Crippen LogP contribution in [-0.4, -0.2) is 35.0 Å². The second-order valence-corrected chi connectivity index (χ2v) is 9.20. The van der Waals surface area contributed by atoms with Gasteiger partial charge in [-0.25, -0.2) is 4.79 Å². The van der Waals surface area contributed by atoms with Gasteiger partial charge < -0.3 is 10.6 Å². The first-order chi connectivity index (χ1) is 14.6. The Kier molecular flexibility index (Phi) is 5.09. The summed E-state index contributed by atoms with van der Waals surface area (Å²) in [5.74, 6) is -0.436. The Morgan fingerprint density at radius 2 is 1.60 bits per heavy atom. The van der Waals surface area contributed by atoms with Crippen LogP contribution in [0.2, 0.25) is 0 Å². The molecule has 4 amide bonds. The maximum Gasteiger partial charge on any atom is 0.316 e. The van der Waals surface area contributed by atoms with Gasteiger partial charge in [0.25, 0.3) is 0 Å². The van der Waals surface area contributed by atoms with Gasteiger partial charge in [0.2, 0.25) is 11.8 Å². The van der Waals surface area contributed by atoms with Crippen LogP contribution in [0.5, 0.6) is 0 Å². The Labute approximate surface area is 177 Å². The number of hydrogen-bond donors (Lipinski definition) is 2. The molecule has 1 heterocycles. The summed E-state index contributed by atoms with van der Waals surface area (Å²) in [6.45, 7) is 0. The lowest BCUT2D eigenvalue weighted by molar-refractivity contribution is -0.143. The molecule has 0 aromatic heterocycles. The summed E-state index contributed by atoms with van der Waals surface area (Å²) in [6, 6.07) is 9.60. The maximum absolute atomic E-state index is 13.3. The molecule has 2 N–H and O–H groups in total. The molecule has 5 unspecified atom stereocenters. The zero-order valence-electron chi connectivity index (χ0n) is 17.1. The Balaban J connectivity index is 1.35. The molecule has 5 rings (SSSR count). The van der Waals surface area contributed by atoms with Crippen molar-refractivity contribution in [3.8, 4) is 0 Å². The summed E-state index contributed by atoms with van der Waals surface area (Å²) in [7, 11) is 0. The van der Waals surface area contributed by atoms with E-state index in [1.54, 1.807) is 0 Å². The number of rotatable bonds is 5. The van der Waals surface area contributed by atoms with Crippen molar-refractivity contribution in [2.45, 2.75) is 57.2 Å². The van der Waals surface area contributed by atoms with Gasteiger partial charge in [-0.3, -0.25) is 14.5 Å². The van der Waals surface area contributed by atoms with Crippen LogP contribution in [-0.2, 0) is 16.0 Å². The van der Waals surface area contributed by atoms with E-state index in [0.29, 0.717) is 6.42 Å². The molecule has 0 radical (unpaired) electrons. The second-order valence-electron chi connectivity index (χ2n) is 9.20. The summed E-state index contributed by atoms with van der Waals surface area (Å²) in [5.41, 5.74) is 0.985. The molecular formula is C24H29N3O3. The van der Waals surface area contributed by atoms with E-state index in [9.17, 15) is 14.4 Å². The minimum Gasteiger partial charge on any atom is -0.335 e. The number of nitrogens with one attached hydrogen (secondary N) is 2. The first kappa shape index (κ1) is 19.3. The molecule has 6 nitrogen and oxygen atoms in total. The molecule has 4 aliphatic rings. The Hall–Kier alpha value is -2.63. The summed E-state index contributed by atoms with van der Waals surface area (Å²) < 4.78 is 0. The number of allylic oxidation sites excluding steroid dienone is 2. The van der Waals surface area contributed by atoms with Crippen molar-refractivity contribution in [1.82, 2.24) is 15.5 Å². The van der Waals surface area contributed by atoms with Crippen LogP contribution >= 0.6 is 0 Å². The predicted molar refractivity (Wildman–Crippen MR) is 112 cm³/mol. The first-order valence-corrected chi connectivity index (χ1v) is 11.3. The van der Waals surface area contributed by atoms with Crippen LogP contribution in [0.4, 0.5) is 4.79 Å². The van der Waals surface area contributed by atoms with Crippen molar-refractivity contribution in [3.05, 3.63) is 48.0 Å². The van der Waals surface area contributed by atoms with Crippen LogP contribution in [0.3, 0.4) is 0 Å². The number of fused-ring (bicyclic) bond motifs is 5. The number of imide groups is 1. The molecule has 1 aromatic carbocycles. The van der Waals surface area contributed by atoms with Crippen molar-refractivity contribution in [1.29, 1.82) is 0 Å². The Bertz CT molecular complexity index is 832. The smallest absolute Gasteiger partial charge is 0.316 e. The maximum atomic E-state index is 13.3. The number of carbonyl (C=O) groups is 3. The lowest BCUT2D eigenvalue weighted by Crippen LogP contribution is -2.56. The average molecular weight is 408 g/mol. The van der Waals surface area contributed by atoms with E-state index < -0.39 is 6.17 Å². The molecule has 6 heteroatoms. The second kappa shape index (κ2) is 7.89. The molecule has 30 heavy (non-hydrogen) atoms. The largest absolute Gasteiger partial charge is 0.335 e. The van der Waals surface area contributed by atoms with E-state index in [0.717, 1.165) is 37.7 Å². The van der Waals surface area contributed by atoms with E-state index in [-0.39, 0.29) is 47.6 Å². The number of hydrogen-bond acceptors (Lipinski definition) is 3. The quantitative estimate of drug-likeness (QED) is 0.582. The van der Waals surface area contributed by atoms with E-state index in [1.165, 1.54) is 11.3 Å². The zero-order valence-corrected chi connectivity index (χ0v) is 17.1. The molecule has 3 aliphatic carbocycles. The lowest BCUT2D eigenvalue weighted by atomic mass is 9.85. The standard InChI is InChI=1S/C24H29N3O3/c28-22-20-16-11-12-17(14-16)21(20)23(29)27(22)19(13-15-7-3-1-4-8-15)26-24(30)25-18-9-5-2-6-10-18/h1,3-4,7-8,11-12,16-21H,2,5-6,9-10,13-14H2,(H2,25,26,30). The fourth-order valence-corrected chi connectivity index (χ4v) is 5.90. The monoisotopic (exact) mass is 407 g/mol. The third kappa shape index (κ3) is 3.42. The molecule has 2 bridgehead atoms. The minimum absolute atomic E-state index is 0.124. The molecule has 2 saturated carbocycles. The molecule has 158 valence electrons. The number of likely N-dealkylation sites (tertiary alicyclic amines) is 1. The first-order valence-electron chi connectivity index (χ1n) is 11.3. The number of amides is 4. The van der Waals surface area contributed by atoms with Crippen molar-refractivity contribution in [2.24, 2.45) is 23.7 Å². The highest BCUT2D eigenvalue weighted by molar-refractivity contribution is 6.07. The Morgan fingerprint density at radius 3 is 2.23 bits per heavy atom. The van der Waals surface area contributed by atoms with Crippen LogP contribution in [0.25, 0.3) is 0 Å². The van der Waals surface area contributed by atoms with Gasteiger partial charge in [-0.1, -0.05) is 61.7 Å². The summed E-state index contributed by atoms with van der Waals surface area (Å²) in [5, 5.41) is 6.03. The summed E-state index contributed by atoms with van der Waals surface area (Å²) in [6.07, 6.45) is 10.3. The lowest BCUT2D eigenvalue weighted by Gasteiger charge is -2.30. The van der Waals surface area contributed by atoms with Crippen molar-refractivity contribution < 1.29 is 14.4 Å². The predicted octanol–water partition coefficient (Wildman–Crippen LogP) is 2.99. The highest BCUT2D eigenvalue weighted by Crippen LogP contribution is 2.52. The number of carbonyl (C=O) groups excluding carboxylic acids is 3. The van der Waals surface area contributed by atoms with Crippen molar-refractivity contribution in [2.75, 3.05) is 0 Å². The highest BCUT2D eigenvalue weighted by Gasteiger charge is 2.60. The molecule has 1 aliphatic heterocycles. The SMILES string of the molecule is O=C(NC1CCCCC1)NC(Cc1ccccc1)N1C(=O)C2C3C=CC(C3)C2C1=O. The number of nitrogens with zero attached hydrogens (tertiary/aromatic N) is 1. The van der Waals surface area contributed by atoms with Gasteiger partial charge in [0.1, 0.15) is 6.17 Å². The molecule has 3 fully saturated rings. The topological polar surface area (TPSA) is 78.5 Å². The van der Waals surface area contributed by atoms with Gasteiger partial charge in [-0.15, -0.1) is 0 Å². The summed E-state index contributed by atoms with van der Waals surface area (Å²) in [4.78, 5) is 40.7. The highest BCUT2D eigenvalue weighted by atomic mass is 16.2. The molecular weight excluding hydrogens is 378 g/mol. The summed E-state index contributed by atoms with van der Waals surface area (Å²) >= 11 is 0. The molecule has 0 spiro atoms. The van der Waals surface area contributed by atoms with Gasteiger partial charge in [-0.05, 0) is 36.7 Å². The van der Waals surface area contributed by atoms with Gasteiger partial charge in [0, 0.05) is 12.5 Å². The van der Waals surface area contributed by atoms with E-state index >= 15 is 0 Å². The van der Waals surface area contributed by atoms with E-state index in [4.69, 9.17) is 0 Å². The average Bonchev–Trinajstić information content (AvgIpc) is 3.43. The third-order valence-electron chi connectivity index (χ3n) is 7.33. The van der Waals surface area contributed by atoms with Crippen LogP contribution < -0.4 is 10.6 Å². The van der Waals surface area contributed by atoms with E-state index in [2.05, 4.69) is 22.8 Å². The van der Waals surface area contributed by atoms with Crippen LogP contribution in [0.1, 0.15) is 44.1 Å². The zero-order chi connectivity index (χ0) is 20.7. The minimum atomic E-state index is -0.666. The third-order valence-corrected chi connectivity index (χ3v) is 7.33. The van der Waals surface area contributed by atoms with Crippen LogP contribution in [0.15, 0.2) is 42.5 Å². The van der Waals surface area contributed by atoms with Crippen molar-refractivity contribution in [3.63, 3.8) is 0 Å². The molecule has 5 atom stereocenters. The molecule has 1 aromatic rings. The number of benzene rings is 1. The number of urea groups is 1. The van der Waals surface area contributed by atoms with Gasteiger partial charge >= 0.3 is 6.03 Å². The fourth-order valence-electron chi connectivity index (χ4n) is 5.90. The molecule has 1 saturated heterocycles. The van der Waals surface area contributed by atoms with E-state index in [1.807, 2.05) is 30.3 Å².